The van der Waals surface area contributed by atoms with E-state index in [4.69, 9.17) is 0 Å². The van der Waals surface area contributed by atoms with Gasteiger partial charge < -0.3 is 5.32 Å². The quantitative estimate of drug-likeness (QED) is 0.756. The Morgan fingerprint density at radius 2 is 1.58 bits per heavy atom. The van der Waals surface area contributed by atoms with E-state index in [1.807, 2.05) is 0 Å². The Morgan fingerprint density at radius 1 is 1.00 bits per heavy atom. The van der Waals surface area contributed by atoms with Gasteiger partial charge in [-0.15, -0.1) is 0 Å². The molecule has 0 saturated heterocycles. The molecule has 1 heteroatoms. The first kappa shape index (κ1) is 16.2. The summed E-state index contributed by atoms with van der Waals surface area (Å²) in [4.78, 5) is 0. The van der Waals surface area contributed by atoms with Crippen LogP contribution in [0.5, 0.6) is 0 Å². The Balaban J connectivity index is 2.66. The Bertz CT molecular complexity index is 348. The second-order valence-electron chi connectivity index (χ2n) is 7.27. The van der Waals surface area contributed by atoms with E-state index in [1.54, 1.807) is 0 Å². The zero-order valence-electron chi connectivity index (χ0n) is 13.5. The normalized spacial score (nSPS) is 15.5. The van der Waals surface area contributed by atoms with Gasteiger partial charge in [-0.3, -0.25) is 0 Å². The molecule has 108 valence electrons. The maximum atomic E-state index is 3.77. The van der Waals surface area contributed by atoms with Gasteiger partial charge in [0.25, 0.3) is 0 Å². The fourth-order valence-electron chi connectivity index (χ4n) is 2.12. The summed E-state index contributed by atoms with van der Waals surface area (Å²) in [5.41, 5.74) is 1.78. The average Bonchev–Trinajstić information content (AvgIpc) is 2.33. The van der Waals surface area contributed by atoms with E-state index in [-0.39, 0.29) is 0 Å². The van der Waals surface area contributed by atoms with Crippen LogP contribution in [0.1, 0.15) is 59.6 Å². The van der Waals surface area contributed by atoms with Crippen molar-refractivity contribution in [2.45, 2.75) is 54.0 Å². The molecular formula is C18H31N. The predicted octanol–water partition coefficient (Wildman–Crippen LogP) is 5.05. The molecule has 0 spiro atoms. The Hall–Kier alpha value is -0.820. The monoisotopic (exact) mass is 261 g/mol. The molecule has 0 saturated carbocycles. The van der Waals surface area contributed by atoms with Crippen molar-refractivity contribution in [1.29, 1.82) is 0 Å². The number of rotatable bonds is 6. The van der Waals surface area contributed by atoms with Crippen molar-refractivity contribution in [2.75, 3.05) is 6.54 Å². The fourth-order valence-corrected chi connectivity index (χ4v) is 2.12. The Kier molecular flexibility index (Phi) is 6.06. The van der Waals surface area contributed by atoms with E-state index in [2.05, 4.69) is 77.2 Å². The van der Waals surface area contributed by atoms with Crippen molar-refractivity contribution < 1.29 is 0 Å². The molecule has 0 radical (unpaired) electrons. The van der Waals surface area contributed by atoms with Crippen LogP contribution < -0.4 is 5.32 Å². The maximum absolute atomic E-state index is 3.77. The van der Waals surface area contributed by atoms with Gasteiger partial charge in [-0.25, -0.2) is 0 Å². The molecule has 0 fully saturated rings. The van der Waals surface area contributed by atoms with Gasteiger partial charge in [-0.2, -0.15) is 0 Å². The molecular weight excluding hydrogens is 230 g/mol. The summed E-state index contributed by atoms with van der Waals surface area (Å²) in [6, 6.07) is 11.3. The largest absolute Gasteiger partial charge is 0.310 e. The lowest BCUT2D eigenvalue weighted by molar-refractivity contribution is 0.240. The molecule has 0 bridgehead atoms. The molecule has 0 aromatic heterocycles. The fraction of sp³-hybridized carbons (Fsp3) is 0.667. The van der Waals surface area contributed by atoms with Crippen molar-refractivity contribution in [1.82, 2.24) is 5.32 Å². The highest BCUT2D eigenvalue weighted by Crippen LogP contribution is 2.27. The van der Waals surface area contributed by atoms with Crippen LogP contribution in [0.25, 0.3) is 0 Å². The number of nitrogens with one attached hydrogen (secondary N) is 1. The van der Waals surface area contributed by atoms with E-state index in [9.17, 15) is 0 Å². The molecule has 2 unspecified atom stereocenters. The van der Waals surface area contributed by atoms with Crippen LogP contribution in [0.3, 0.4) is 0 Å². The topological polar surface area (TPSA) is 12.0 Å². The zero-order chi connectivity index (χ0) is 14.5. The van der Waals surface area contributed by atoms with Crippen LogP contribution in [0.15, 0.2) is 30.3 Å². The minimum atomic E-state index is 0.367. The first-order chi connectivity index (χ1) is 8.80. The zero-order valence-corrected chi connectivity index (χ0v) is 13.5. The molecule has 0 aliphatic heterocycles. The lowest BCUT2D eigenvalue weighted by Crippen LogP contribution is -2.32. The molecule has 1 aromatic rings. The van der Waals surface area contributed by atoms with Crippen LogP contribution >= 0.6 is 0 Å². The number of hydrogen-bond acceptors (Lipinski definition) is 1. The van der Waals surface area contributed by atoms with Crippen molar-refractivity contribution in [2.24, 2.45) is 17.3 Å². The van der Waals surface area contributed by atoms with E-state index < -0.39 is 0 Å². The smallest absolute Gasteiger partial charge is 0.0322 e. The van der Waals surface area contributed by atoms with Gasteiger partial charge in [0.1, 0.15) is 0 Å². The minimum Gasteiger partial charge on any atom is -0.310 e. The first-order valence-corrected chi connectivity index (χ1v) is 7.59. The Morgan fingerprint density at radius 3 is 2.05 bits per heavy atom. The molecule has 19 heavy (non-hydrogen) atoms. The molecule has 0 amide bonds. The van der Waals surface area contributed by atoms with E-state index in [1.165, 1.54) is 12.0 Å². The summed E-state index contributed by atoms with van der Waals surface area (Å²) < 4.78 is 0. The second kappa shape index (κ2) is 7.09. The van der Waals surface area contributed by atoms with E-state index in [0.29, 0.717) is 23.3 Å². The lowest BCUT2D eigenvalue weighted by Gasteiger charge is -2.30. The van der Waals surface area contributed by atoms with Gasteiger partial charge in [0, 0.05) is 6.04 Å². The van der Waals surface area contributed by atoms with Gasteiger partial charge in [-0.05, 0) is 35.8 Å². The van der Waals surface area contributed by atoms with Crippen molar-refractivity contribution in [3.05, 3.63) is 35.9 Å². The Labute approximate surface area is 119 Å². The molecule has 1 N–H and O–H groups in total. The maximum Gasteiger partial charge on any atom is 0.0322 e. The van der Waals surface area contributed by atoms with Gasteiger partial charge in [-0.1, -0.05) is 71.9 Å². The number of hydrogen-bond donors (Lipinski definition) is 1. The average molecular weight is 261 g/mol. The standard InChI is InChI=1S/C18H31N/c1-14(2)12-17(16-10-8-7-9-11-16)19-13-15(3)18(4,5)6/h7-11,14-15,17,19H,12-13H2,1-6H3. The summed E-state index contributed by atoms with van der Waals surface area (Å²) in [5, 5.41) is 3.77. The third-order valence-electron chi connectivity index (χ3n) is 4.06. The van der Waals surface area contributed by atoms with Gasteiger partial charge in [0.2, 0.25) is 0 Å². The van der Waals surface area contributed by atoms with Crippen LogP contribution in [-0.4, -0.2) is 6.54 Å². The summed E-state index contributed by atoms with van der Waals surface area (Å²) in [6.07, 6.45) is 1.20. The van der Waals surface area contributed by atoms with E-state index >= 15 is 0 Å². The third kappa shape index (κ3) is 5.78. The summed E-state index contributed by atoms with van der Waals surface area (Å²) in [6.45, 7) is 15.0. The van der Waals surface area contributed by atoms with Crippen molar-refractivity contribution >= 4 is 0 Å². The van der Waals surface area contributed by atoms with Crippen LogP contribution in [0, 0.1) is 17.3 Å². The van der Waals surface area contributed by atoms with Crippen LogP contribution in [0.2, 0.25) is 0 Å². The van der Waals surface area contributed by atoms with Crippen LogP contribution in [0.4, 0.5) is 0 Å². The highest BCUT2D eigenvalue weighted by Gasteiger charge is 2.21. The van der Waals surface area contributed by atoms with E-state index in [0.717, 1.165) is 6.54 Å². The van der Waals surface area contributed by atoms with Crippen molar-refractivity contribution in [3.8, 4) is 0 Å². The van der Waals surface area contributed by atoms with Crippen molar-refractivity contribution in [3.63, 3.8) is 0 Å². The minimum absolute atomic E-state index is 0.367. The lowest BCUT2D eigenvalue weighted by atomic mass is 9.82. The summed E-state index contributed by atoms with van der Waals surface area (Å²) in [7, 11) is 0. The molecule has 2 atom stereocenters. The molecule has 0 heterocycles. The first-order valence-electron chi connectivity index (χ1n) is 7.59. The SMILES string of the molecule is CC(C)CC(NCC(C)C(C)(C)C)c1ccccc1. The van der Waals surface area contributed by atoms with Gasteiger partial charge in [0.15, 0.2) is 0 Å². The summed E-state index contributed by atoms with van der Waals surface area (Å²) in [5.74, 6) is 1.38. The third-order valence-corrected chi connectivity index (χ3v) is 4.06. The summed E-state index contributed by atoms with van der Waals surface area (Å²) >= 11 is 0. The molecule has 1 aromatic carbocycles. The van der Waals surface area contributed by atoms with Crippen LogP contribution in [-0.2, 0) is 0 Å². The highest BCUT2D eigenvalue weighted by atomic mass is 14.9. The second-order valence-corrected chi connectivity index (χ2v) is 7.27. The molecule has 0 aliphatic carbocycles. The highest BCUT2D eigenvalue weighted by molar-refractivity contribution is 5.18. The molecule has 1 rings (SSSR count). The predicted molar refractivity (Wildman–Crippen MR) is 85.3 cm³/mol. The van der Waals surface area contributed by atoms with Gasteiger partial charge in [0.05, 0.1) is 0 Å². The van der Waals surface area contributed by atoms with Gasteiger partial charge >= 0.3 is 0 Å². The molecule has 0 aliphatic rings. The molecule has 1 nitrogen and oxygen atoms in total. The number of benzene rings is 1.